The zero-order valence-corrected chi connectivity index (χ0v) is 15.4. The molecule has 0 saturated carbocycles. The Bertz CT molecular complexity index is 899. The molecule has 27 heavy (non-hydrogen) atoms. The first-order valence-electron chi connectivity index (χ1n) is 9.41. The number of hydrogen-bond donors (Lipinski definition) is 1. The van der Waals surface area contributed by atoms with Crippen LogP contribution in [0.2, 0.25) is 0 Å². The fraction of sp³-hybridized carbons (Fsp3) is 0.273. The number of benzene rings is 2. The van der Waals surface area contributed by atoms with Crippen LogP contribution in [-0.2, 0) is 4.79 Å². The second-order valence-corrected chi connectivity index (χ2v) is 7.05. The van der Waals surface area contributed by atoms with Crippen LogP contribution in [0.1, 0.15) is 30.4 Å². The Kier molecular flexibility index (Phi) is 4.67. The molecule has 2 saturated heterocycles. The van der Waals surface area contributed by atoms with Gasteiger partial charge in [-0.15, -0.1) is 0 Å². The van der Waals surface area contributed by atoms with E-state index in [9.17, 15) is 9.59 Å². The number of imide groups is 1. The van der Waals surface area contributed by atoms with Gasteiger partial charge in [0, 0.05) is 18.8 Å². The average molecular weight is 361 g/mol. The number of rotatable bonds is 3. The third-order valence-corrected chi connectivity index (χ3v) is 5.17. The molecule has 2 aromatic carbocycles. The van der Waals surface area contributed by atoms with Crippen LogP contribution >= 0.6 is 0 Å². The summed E-state index contributed by atoms with van der Waals surface area (Å²) in [5.74, 6) is -0.328. The second kappa shape index (κ2) is 7.27. The first kappa shape index (κ1) is 17.3. The van der Waals surface area contributed by atoms with E-state index < -0.39 is 6.03 Å². The monoisotopic (exact) mass is 361 g/mol. The Morgan fingerprint density at radius 3 is 2.37 bits per heavy atom. The number of carbonyl (C=O) groups excluding carboxylic acids is 2. The van der Waals surface area contributed by atoms with E-state index in [0.717, 1.165) is 24.2 Å². The Hall–Kier alpha value is -3.08. The van der Waals surface area contributed by atoms with E-state index in [1.54, 1.807) is 30.3 Å². The number of para-hydroxylation sites is 1. The molecule has 4 rings (SSSR count). The minimum Gasteiger partial charge on any atom is -0.372 e. The van der Waals surface area contributed by atoms with Crippen LogP contribution in [0.4, 0.5) is 16.2 Å². The van der Waals surface area contributed by atoms with E-state index in [1.807, 2.05) is 19.1 Å². The van der Waals surface area contributed by atoms with Crippen molar-refractivity contribution in [3.05, 3.63) is 65.4 Å². The third-order valence-electron chi connectivity index (χ3n) is 5.17. The quantitative estimate of drug-likeness (QED) is 0.662. The predicted octanol–water partition coefficient (Wildman–Crippen LogP) is 4.08. The van der Waals surface area contributed by atoms with E-state index in [2.05, 4.69) is 22.3 Å². The van der Waals surface area contributed by atoms with Crippen LogP contribution in [-0.4, -0.2) is 25.0 Å². The van der Waals surface area contributed by atoms with E-state index in [1.165, 1.54) is 29.8 Å². The lowest BCUT2D eigenvalue weighted by Gasteiger charge is -2.29. The zero-order chi connectivity index (χ0) is 18.8. The number of nitrogens with one attached hydrogen (secondary N) is 1. The van der Waals surface area contributed by atoms with Crippen molar-refractivity contribution < 1.29 is 9.59 Å². The van der Waals surface area contributed by atoms with Crippen molar-refractivity contribution in [1.29, 1.82) is 0 Å². The fourth-order valence-electron chi connectivity index (χ4n) is 3.67. The molecule has 2 aromatic rings. The van der Waals surface area contributed by atoms with Crippen molar-refractivity contribution in [3.8, 4) is 0 Å². The van der Waals surface area contributed by atoms with Crippen molar-refractivity contribution in [2.45, 2.75) is 26.2 Å². The lowest BCUT2D eigenvalue weighted by Crippen LogP contribution is -2.30. The summed E-state index contributed by atoms with van der Waals surface area (Å²) >= 11 is 0. The predicted molar refractivity (Wildman–Crippen MR) is 108 cm³/mol. The normalized spacial score (nSPS) is 18.9. The highest BCUT2D eigenvalue weighted by atomic mass is 16.2. The van der Waals surface area contributed by atoms with Gasteiger partial charge in [0.05, 0.1) is 5.69 Å². The summed E-state index contributed by atoms with van der Waals surface area (Å²) in [5, 5.41) is 2.69. The maximum Gasteiger partial charge on any atom is 0.333 e. The van der Waals surface area contributed by atoms with Crippen LogP contribution in [0.15, 0.2) is 54.2 Å². The molecule has 0 unspecified atom stereocenters. The molecule has 0 atom stereocenters. The number of nitrogens with zero attached hydrogens (tertiary/aromatic N) is 2. The lowest BCUT2D eigenvalue weighted by atomic mass is 10.0. The van der Waals surface area contributed by atoms with Gasteiger partial charge in [0.2, 0.25) is 0 Å². The number of piperidine rings is 1. The van der Waals surface area contributed by atoms with E-state index in [-0.39, 0.29) is 5.91 Å². The standard InChI is InChI=1S/C22H23N3O2/c1-16-14-19(24-12-6-3-7-13-24)11-10-17(16)15-20-21(26)25(22(27)23-20)18-8-4-2-5-9-18/h2,4-5,8-11,14-15H,3,6-7,12-13H2,1H3,(H,23,27)/b20-15+. The number of amides is 3. The molecule has 5 nitrogen and oxygen atoms in total. The van der Waals surface area contributed by atoms with E-state index >= 15 is 0 Å². The number of anilines is 2. The first-order chi connectivity index (χ1) is 13.1. The summed E-state index contributed by atoms with van der Waals surface area (Å²) < 4.78 is 0. The smallest absolute Gasteiger partial charge is 0.333 e. The van der Waals surface area contributed by atoms with Crippen LogP contribution in [0.5, 0.6) is 0 Å². The number of carbonyl (C=O) groups is 2. The van der Waals surface area contributed by atoms with Crippen molar-refractivity contribution in [2.75, 3.05) is 22.9 Å². The largest absolute Gasteiger partial charge is 0.372 e. The molecule has 1 N–H and O–H groups in total. The molecule has 0 bridgehead atoms. The van der Waals surface area contributed by atoms with Crippen molar-refractivity contribution >= 4 is 29.4 Å². The Labute approximate surface area is 159 Å². The Morgan fingerprint density at radius 1 is 0.926 bits per heavy atom. The summed E-state index contributed by atoms with van der Waals surface area (Å²) in [6, 6.07) is 14.8. The number of urea groups is 1. The highest BCUT2D eigenvalue weighted by Gasteiger charge is 2.34. The molecule has 2 heterocycles. The van der Waals surface area contributed by atoms with Crippen molar-refractivity contribution in [1.82, 2.24) is 5.32 Å². The van der Waals surface area contributed by atoms with Gasteiger partial charge in [0.25, 0.3) is 5.91 Å². The molecule has 5 heteroatoms. The average Bonchev–Trinajstić information content (AvgIpc) is 2.98. The maximum absolute atomic E-state index is 12.7. The zero-order valence-electron chi connectivity index (χ0n) is 15.4. The molecule has 0 aliphatic carbocycles. The minimum atomic E-state index is -0.417. The van der Waals surface area contributed by atoms with Gasteiger partial charge < -0.3 is 10.2 Å². The van der Waals surface area contributed by atoms with Crippen LogP contribution < -0.4 is 15.1 Å². The molecular weight excluding hydrogens is 338 g/mol. The minimum absolute atomic E-state index is 0.303. The van der Waals surface area contributed by atoms with Gasteiger partial charge in [-0.25, -0.2) is 9.69 Å². The van der Waals surface area contributed by atoms with Gasteiger partial charge in [-0.1, -0.05) is 24.3 Å². The van der Waals surface area contributed by atoms with Gasteiger partial charge in [-0.3, -0.25) is 4.79 Å². The molecule has 3 amide bonds. The van der Waals surface area contributed by atoms with Gasteiger partial charge in [0.1, 0.15) is 5.70 Å². The van der Waals surface area contributed by atoms with Crippen LogP contribution in [0.3, 0.4) is 0 Å². The third kappa shape index (κ3) is 3.45. The first-order valence-corrected chi connectivity index (χ1v) is 9.41. The molecular formula is C22H23N3O2. The highest BCUT2D eigenvalue weighted by molar-refractivity contribution is 6.28. The molecule has 2 aliphatic rings. The molecule has 2 fully saturated rings. The van der Waals surface area contributed by atoms with Gasteiger partial charge in [-0.05, 0) is 67.7 Å². The maximum atomic E-state index is 12.7. The molecule has 0 radical (unpaired) electrons. The van der Waals surface area contributed by atoms with E-state index in [4.69, 9.17) is 0 Å². The van der Waals surface area contributed by atoms with Crippen molar-refractivity contribution in [2.24, 2.45) is 0 Å². The van der Waals surface area contributed by atoms with Gasteiger partial charge in [-0.2, -0.15) is 0 Å². The summed E-state index contributed by atoms with van der Waals surface area (Å²) in [6.07, 6.45) is 5.54. The van der Waals surface area contributed by atoms with Crippen LogP contribution in [0, 0.1) is 6.92 Å². The molecule has 138 valence electrons. The topological polar surface area (TPSA) is 52.7 Å². The fourth-order valence-corrected chi connectivity index (χ4v) is 3.67. The highest BCUT2D eigenvalue weighted by Crippen LogP contribution is 2.26. The second-order valence-electron chi connectivity index (χ2n) is 7.05. The molecule has 0 aromatic heterocycles. The number of hydrogen-bond acceptors (Lipinski definition) is 3. The number of aryl methyl sites for hydroxylation is 1. The van der Waals surface area contributed by atoms with Gasteiger partial charge >= 0.3 is 6.03 Å². The summed E-state index contributed by atoms with van der Waals surface area (Å²) in [4.78, 5) is 28.6. The Balaban J connectivity index is 1.58. The van der Waals surface area contributed by atoms with Gasteiger partial charge in [0.15, 0.2) is 0 Å². The van der Waals surface area contributed by atoms with Crippen LogP contribution in [0.25, 0.3) is 6.08 Å². The van der Waals surface area contributed by atoms with Crippen molar-refractivity contribution in [3.63, 3.8) is 0 Å². The summed E-state index contributed by atoms with van der Waals surface area (Å²) in [7, 11) is 0. The lowest BCUT2D eigenvalue weighted by molar-refractivity contribution is -0.113. The van der Waals surface area contributed by atoms with E-state index in [0.29, 0.717) is 11.4 Å². The SMILES string of the molecule is Cc1cc(N2CCCCC2)ccc1/C=C1/NC(=O)N(c2ccccc2)C1=O. The summed E-state index contributed by atoms with van der Waals surface area (Å²) in [5.41, 5.74) is 4.13. The Morgan fingerprint density at radius 2 is 1.67 bits per heavy atom. The summed E-state index contributed by atoms with van der Waals surface area (Å²) in [6.45, 7) is 4.23. The molecule has 2 aliphatic heterocycles. The molecule has 0 spiro atoms.